The Hall–Kier alpha value is -1.02. The van der Waals surface area contributed by atoms with E-state index in [4.69, 9.17) is 4.74 Å². The van der Waals surface area contributed by atoms with Gasteiger partial charge >= 0.3 is 0 Å². The zero-order valence-electron chi connectivity index (χ0n) is 9.12. The van der Waals surface area contributed by atoms with Crippen molar-refractivity contribution in [1.82, 2.24) is 5.32 Å². The van der Waals surface area contributed by atoms with Crippen LogP contribution in [0.4, 0.5) is 0 Å². The Morgan fingerprint density at radius 1 is 1.33 bits per heavy atom. The minimum Gasteiger partial charge on any atom is -0.493 e. The van der Waals surface area contributed by atoms with E-state index in [0.717, 1.165) is 31.4 Å². The largest absolute Gasteiger partial charge is 0.493 e. The molecule has 1 N–H and O–H groups in total. The Morgan fingerprint density at radius 3 is 3.20 bits per heavy atom. The molecule has 2 heterocycles. The van der Waals surface area contributed by atoms with Gasteiger partial charge in [0.05, 0.1) is 6.61 Å². The van der Waals surface area contributed by atoms with Crippen molar-refractivity contribution in [3.8, 4) is 5.75 Å². The summed E-state index contributed by atoms with van der Waals surface area (Å²) in [6.45, 7) is 5.30. The van der Waals surface area contributed by atoms with E-state index in [1.807, 2.05) is 0 Å². The molecule has 0 spiro atoms. The van der Waals surface area contributed by atoms with Crippen molar-refractivity contribution in [3.05, 3.63) is 29.3 Å². The van der Waals surface area contributed by atoms with Crippen LogP contribution in [-0.4, -0.2) is 19.7 Å². The summed E-state index contributed by atoms with van der Waals surface area (Å²) in [5.41, 5.74) is 2.76. The van der Waals surface area contributed by atoms with E-state index in [9.17, 15) is 0 Å². The molecule has 1 aromatic carbocycles. The van der Waals surface area contributed by atoms with Gasteiger partial charge in [-0.1, -0.05) is 17.7 Å². The second kappa shape index (κ2) is 3.53. The van der Waals surface area contributed by atoms with Crippen molar-refractivity contribution in [2.24, 2.45) is 5.92 Å². The van der Waals surface area contributed by atoms with Gasteiger partial charge in [-0.3, -0.25) is 0 Å². The van der Waals surface area contributed by atoms with Crippen LogP contribution < -0.4 is 10.1 Å². The van der Waals surface area contributed by atoms with E-state index in [1.54, 1.807) is 0 Å². The van der Waals surface area contributed by atoms with Crippen LogP contribution >= 0.6 is 0 Å². The maximum absolute atomic E-state index is 5.81. The van der Waals surface area contributed by atoms with Gasteiger partial charge in [-0.05, 0) is 37.4 Å². The van der Waals surface area contributed by atoms with Gasteiger partial charge in [0.25, 0.3) is 0 Å². The molecule has 0 amide bonds. The van der Waals surface area contributed by atoms with Crippen molar-refractivity contribution in [3.63, 3.8) is 0 Å². The standard InChI is InChI=1S/C13H17NO/c1-9-2-3-13-11(6-9)12-8-14-7-10(12)4-5-15-13/h2-3,6,10,12,14H,4-5,7-8H2,1H3. The normalized spacial score (nSPS) is 28.9. The first-order chi connectivity index (χ1) is 7.34. The van der Waals surface area contributed by atoms with E-state index >= 15 is 0 Å². The molecule has 0 aromatic heterocycles. The molecule has 1 saturated heterocycles. The van der Waals surface area contributed by atoms with Crippen LogP contribution in [0.25, 0.3) is 0 Å². The highest BCUT2D eigenvalue weighted by molar-refractivity contribution is 5.41. The third-order valence-electron chi connectivity index (χ3n) is 3.65. The third-order valence-corrected chi connectivity index (χ3v) is 3.65. The van der Waals surface area contributed by atoms with Crippen LogP contribution in [0, 0.1) is 12.8 Å². The number of nitrogens with one attached hydrogen (secondary N) is 1. The Balaban J connectivity index is 2.06. The van der Waals surface area contributed by atoms with Gasteiger partial charge < -0.3 is 10.1 Å². The van der Waals surface area contributed by atoms with Crippen molar-refractivity contribution >= 4 is 0 Å². The lowest BCUT2D eigenvalue weighted by molar-refractivity contribution is 0.296. The predicted molar refractivity (Wildman–Crippen MR) is 60.4 cm³/mol. The molecule has 0 bridgehead atoms. The molecule has 2 unspecified atom stereocenters. The molecule has 2 aliphatic heterocycles. The maximum Gasteiger partial charge on any atom is 0.122 e. The molecule has 2 nitrogen and oxygen atoms in total. The van der Waals surface area contributed by atoms with Gasteiger partial charge in [0.2, 0.25) is 0 Å². The Morgan fingerprint density at radius 2 is 2.27 bits per heavy atom. The summed E-state index contributed by atoms with van der Waals surface area (Å²) in [6.07, 6.45) is 1.19. The molecule has 1 fully saturated rings. The summed E-state index contributed by atoms with van der Waals surface area (Å²) in [6, 6.07) is 6.57. The minimum absolute atomic E-state index is 0.669. The van der Waals surface area contributed by atoms with E-state index in [2.05, 4.69) is 30.4 Å². The van der Waals surface area contributed by atoms with E-state index < -0.39 is 0 Å². The van der Waals surface area contributed by atoms with E-state index in [1.165, 1.54) is 17.5 Å². The average Bonchev–Trinajstić information content (AvgIpc) is 2.62. The van der Waals surface area contributed by atoms with Gasteiger partial charge in [-0.25, -0.2) is 0 Å². The number of benzene rings is 1. The lowest BCUT2D eigenvalue weighted by Crippen LogP contribution is -2.11. The molecule has 2 heteroatoms. The molecule has 2 atom stereocenters. The molecule has 2 aliphatic rings. The van der Waals surface area contributed by atoms with Gasteiger partial charge in [-0.15, -0.1) is 0 Å². The summed E-state index contributed by atoms with van der Waals surface area (Å²) >= 11 is 0. The second-order valence-corrected chi connectivity index (χ2v) is 4.70. The first-order valence-electron chi connectivity index (χ1n) is 5.78. The van der Waals surface area contributed by atoms with Crippen LogP contribution in [0.15, 0.2) is 18.2 Å². The minimum atomic E-state index is 0.669. The molecule has 0 radical (unpaired) electrons. The predicted octanol–water partition coefficient (Wildman–Crippen LogP) is 2.08. The monoisotopic (exact) mass is 203 g/mol. The zero-order chi connectivity index (χ0) is 10.3. The Kier molecular flexibility index (Phi) is 2.17. The van der Waals surface area contributed by atoms with Crippen LogP contribution in [0.1, 0.15) is 23.5 Å². The highest BCUT2D eigenvalue weighted by Gasteiger charge is 2.32. The molecule has 0 saturated carbocycles. The summed E-state index contributed by atoms with van der Waals surface area (Å²) < 4.78 is 5.81. The maximum atomic E-state index is 5.81. The second-order valence-electron chi connectivity index (χ2n) is 4.70. The van der Waals surface area contributed by atoms with Gasteiger partial charge in [-0.2, -0.15) is 0 Å². The summed E-state index contributed by atoms with van der Waals surface area (Å²) in [5, 5.41) is 3.50. The number of ether oxygens (including phenoxy) is 1. The molecule has 15 heavy (non-hydrogen) atoms. The van der Waals surface area contributed by atoms with Crippen molar-refractivity contribution in [2.45, 2.75) is 19.3 Å². The van der Waals surface area contributed by atoms with E-state index in [0.29, 0.717) is 5.92 Å². The van der Waals surface area contributed by atoms with Crippen LogP contribution in [0.3, 0.4) is 0 Å². The fourth-order valence-electron chi connectivity index (χ4n) is 2.81. The number of fused-ring (bicyclic) bond motifs is 3. The molecular formula is C13H17NO. The zero-order valence-corrected chi connectivity index (χ0v) is 9.12. The van der Waals surface area contributed by atoms with Crippen molar-refractivity contribution in [2.75, 3.05) is 19.7 Å². The van der Waals surface area contributed by atoms with Gasteiger partial charge in [0, 0.05) is 12.5 Å². The average molecular weight is 203 g/mol. The lowest BCUT2D eigenvalue weighted by atomic mass is 9.87. The number of aryl methyl sites for hydroxylation is 1. The number of hydrogen-bond donors (Lipinski definition) is 1. The quantitative estimate of drug-likeness (QED) is 0.697. The third kappa shape index (κ3) is 1.53. The van der Waals surface area contributed by atoms with E-state index in [-0.39, 0.29) is 0 Å². The SMILES string of the molecule is Cc1ccc2c(c1)C1CNCC1CCO2. The molecule has 80 valence electrons. The first kappa shape index (κ1) is 9.22. The summed E-state index contributed by atoms with van der Waals surface area (Å²) in [7, 11) is 0. The Bertz CT molecular complexity index is 375. The topological polar surface area (TPSA) is 21.3 Å². The summed E-state index contributed by atoms with van der Waals surface area (Å²) in [5.74, 6) is 2.55. The highest BCUT2D eigenvalue weighted by Crippen LogP contribution is 2.38. The highest BCUT2D eigenvalue weighted by atomic mass is 16.5. The first-order valence-corrected chi connectivity index (χ1v) is 5.78. The number of rotatable bonds is 0. The fourth-order valence-corrected chi connectivity index (χ4v) is 2.81. The van der Waals surface area contributed by atoms with Crippen LogP contribution in [0.5, 0.6) is 5.75 Å². The Labute approximate surface area is 90.6 Å². The molecule has 1 aromatic rings. The van der Waals surface area contributed by atoms with Crippen LogP contribution in [0.2, 0.25) is 0 Å². The van der Waals surface area contributed by atoms with Gasteiger partial charge in [0.15, 0.2) is 0 Å². The fraction of sp³-hybridized carbons (Fsp3) is 0.538. The molecular weight excluding hydrogens is 186 g/mol. The van der Waals surface area contributed by atoms with Crippen molar-refractivity contribution in [1.29, 1.82) is 0 Å². The van der Waals surface area contributed by atoms with Crippen LogP contribution in [-0.2, 0) is 0 Å². The van der Waals surface area contributed by atoms with Gasteiger partial charge in [0.1, 0.15) is 5.75 Å². The molecule has 0 aliphatic carbocycles. The lowest BCUT2D eigenvalue weighted by Gasteiger charge is -2.16. The smallest absolute Gasteiger partial charge is 0.122 e. The number of hydrogen-bond acceptors (Lipinski definition) is 2. The molecule has 3 rings (SSSR count). The van der Waals surface area contributed by atoms with Crippen molar-refractivity contribution < 1.29 is 4.74 Å². The summed E-state index contributed by atoms with van der Waals surface area (Å²) in [4.78, 5) is 0.